The highest BCUT2D eigenvalue weighted by Gasteiger charge is 2.20. The topological polar surface area (TPSA) is 59.8 Å². The molecule has 0 bridgehead atoms. The van der Waals surface area contributed by atoms with Crippen molar-refractivity contribution in [2.24, 2.45) is 0 Å². The van der Waals surface area contributed by atoms with E-state index in [9.17, 15) is 8.42 Å². The number of nitrogens with one attached hydrogen (secondary N) is 2. The van der Waals surface area contributed by atoms with Crippen LogP contribution >= 0.6 is 0 Å². The van der Waals surface area contributed by atoms with Gasteiger partial charge in [0.25, 0.3) is 0 Å². The van der Waals surface area contributed by atoms with E-state index in [1.54, 1.807) is 7.11 Å². The first-order valence-electron chi connectivity index (χ1n) is 6.81. The zero-order chi connectivity index (χ0) is 15.2. The average Bonchev–Trinajstić information content (AvgIpc) is 2.39. The molecule has 20 heavy (non-hydrogen) atoms. The zero-order valence-corrected chi connectivity index (χ0v) is 13.5. The first-order valence-corrected chi connectivity index (χ1v) is 8.46. The standard InChI is InChI=1S/C14H24N2O3S/c1-5-10-20(17,18)15-11-14(16(2)3)12-6-8-13(19-4)9-7-12/h6-9,14-15H,5,10-11H2,1-4H3/p+1/t14-/m0/s1. The molecule has 5 nitrogen and oxygen atoms in total. The molecule has 0 spiro atoms. The molecule has 0 aliphatic heterocycles. The Hall–Kier alpha value is -1.11. The maximum absolute atomic E-state index is 11.7. The van der Waals surface area contributed by atoms with Crippen molar-refractivity contribution in [1.29, 1.82) is 0 Å². The molecule has 1 aromatic carbocycles. The largest absolute Gasteiger partial charge is 0.497 e. The van der Waals surface area contributed by atoms with Gasteiger partial charge in [-0.1, -0.05) is 6.92 Å². The highest BCUT2D eigenvalue weighted by Crippen LogP contribution is 2.15. The van der Waals surface area contributed by atoms with E-state index in [4.69, 9.17) is 4.74 Å². The summed E-state index contributed by atoms with van der Waals surface area (Å²) >= 11 is 0. The number of rotatable bonds is 8. The summed E-state index contributed by atoms with van der Waals surface area (Å²) in [7, 11) is 2.49. The third-order valence-electron chi connectivity index (χ3n) is 3.20. The van der Waals surface area contributed by atoms with Gasteiger partial charge in [-0.2, -0.15) is 0 Å². The predicted octanol–water partition coefficient (Wildman–Crippen LogP) is 0.210. The maximum atomic E-state index is 11.7. The molecule has 0 unspecified atom stereocenters. The Bertz CT molecular complexity index is 498. The van der Waals surface area contributed by atoms with Crippen molar-refractivity contribution in [3.05, 3.63) is 29.8 Å². The Labute approximate surface area is 122 Å². The minimum Gasteiger partial charge on any atom is -0.497 e. The molecule has 2 N–H and O–H groups in total. The van der Waals surface area contributed by atoms with Gasteiger partial charge < -0.3 is 9.64 Å². The van der Waals surface area contributed by atoms with E-state index in [-0.39, 0.29) is 11.8 Å². The molecule has 1 rings (SSSR count). The molecule has 1 aromatic rings. The van der Waals surface area contributed by atoms with E-state index in [1.807, 2.05) is 45.3 Å². The first-order chi connectivity index (χ1) is 9.39. The van der Waals surface area contributed by atoms with Crippen molar-refractivity contribution >= 4 is 10.0 Å². The van der Waals surface area contributed by atoms with E-state index in [1.165, 1.54) is 4.90 Å². The van der Waals surface area contributed by atoms with Crippen LogP contribution in [0.15, 0.2) is 24.3 Å². The second-order valence-corrected chi connectivity index (χ2v) is 7.00. The van der Waals surface area contributed by atoms with Gasteiger partial charge in [-0.15, -0.1) is 0 Å². The lowest BCUT2D eigenvalue weighted by Gasteiger charge is -2.22. The molecule has 0 aliphatic carbocycles. The van der Waals surface area contributed by atoms with Gasteiger partial charge in [-0.25, -0.2) is 13.1 Å². The molecule has 6 heteroatoms. The van der Waals surface area contributed by atoms with Gasteiger partial charge in [-0.05, 0) is 30.7 Å². The highest BCUT2D eigenvalue weighted by atomic mass is 32.2. The van der Waals surface area contributed by atoms with Gasteiger partial charge in [0.1, 0.15) is 11.8 Å². The molecule has 0 aromatic heterocycles. The molecule has 114 valence electrons. The van der Waals surface area contributed by atoms with E-state index in [0.717, 1.165) is 11.3 Å². The molecule has 0 amide bonds. The lowest BCUT2D eigenvalue weighted by molar-refractivity contribution is -0.890. The van der Waals surface area contributed by atoms with Crippen LogP contribution in [0, 0.1) is 0 Å². The van der Waals surface area contributed by atoms with Gasteiger partial charge in [0, 0.05) is 5.56 Å². The second kappa shape index (κ2) is 7.61. The molecule has 0 radical (unpaired) electrons. The summed E-state index contributed by atoms with van der Waals surface area (Å²) in [6, 6.07) is 7.82. The third kappa shape index (κ3) is 5.11. The average molecular weight is 301 g/mol. The molecular formula is C14H25N2O3S+. The van der Waals surface area contributed by atoms with E-state index in [0.29, 0.717) is 13.0 Å². The molecule has 0 aliphatic rings. The first kappa shape index (κ1) is 16.9. The van der Waals surface area contributed by atoms with E-state index >= 15 is 0 Å². The number of benzene rings is 1. The lowest BCUT2D eigenvalue weighted by atomic mass is 10.1. The summed E-state index contributed by atoms with van der Waals surface area (Å²) in [6.45, 7) is 2.26. The van der Waals surface area contributed by atoms with Gasteiger partial charge in [-0.3, -0.25) is 0 Å². The van der Waals surface area contributed by atoms with Crippen LogP contribution in [-0.4, -0.2) is 41.9 Å². The van der Waals surface area contributed by atoms with Crippen molar-refractivity contribution in [1.82, 2.24) is 4.72 Å². The normalized spacial score (nSPS) is 13.4. The number of sulfonamides is 1. The van der Waals surface area contributed by atoms with Crippen LogP contribution in [-0.2, 0) is 10.0 Å². The highest BCUT2D eigenvalue weighted by molar-refractivity contribution is 7.89. The van der Waals surface area contributed by atoms with Gasteiger partial charge in [0.05, 0.1) is 33.5 Å². The second-order valence-electron chi connectivity index (χ2n) is 5.07. The van der Waals surface area contributed by atoms with Crippen LogP contribution in [0.3, 0.4) is 0 Å². The molecular weight excluding hydrogens is 276 g/mol. The fraction of sp³-hybridized carbons (Fsp3) is 0.571. The summed E-state index contributed by atoms with van der Waals surface area (Å²) in [5.74, 6) is 0.971. The predicted molar refractivity (Wildman–Crippen MR) is 80.6 cm³/mol. The van der Waals surface area contributed by atoms with E-state index in [2.05, 4.69) is 4.72 Å². The van der Waals surface area contributed by atoms with Crippen LogP contribution in [0.25, 0.3) is 0 Å². The Morgan fingerprint density at radius 2 is 1.85 bits per heavy atom. The summed E-state index contributed by atoms with van der Waals surface area (Å²) in [5.41, 5.74) is 1.09. The minimum atomic E-state index is -3.17. The van der Waals surface area contributed by atoms with Crippen molar-refractivity contribution in [2.75, 3.05) is 33.5 Å². The van der Waals surface area contributed by atoms with Crippen molar-refractivity contribution in [2.45, 2.75) is 19.4 Å². The van der Waals surface area contributed by atoms with Gasteiger partial charge in [0.15, 0.2) is 0 Å². The quantitative estimate of drug-likeness (QED) is 0.722. The Morgan fingerprint density at radius 1 is 1.25 bits per heavy atom. The van der Waals surface area contributed by atoms with Crippen molar-refractivity contribution < 1.29 is 18.1 Å². The molecule has 1 atom stereocenters. The van der Waals surface area contributed by atoms with E-state index < -0.39 is 10.0 Å². The zero-order valence-electron chi connectivity index (χ0n) is 12.6. The van der Waals surface area contributed by atoms with Crippen LogP contribution in [0.2, 0.25) is 0 Å². The number of methoxy groups -OCH3 is 1. The van der Waals surface area contributed by atoms with Gasteiger partial charge in [0.2, 0.25) is 10.0 Å². The summed E-state index contributed by atoms with van der Waals surface area (Å²) < 4.78 is 31.3. The maximum Gasteiger partial charge on any atom is 0.211 e. The molecule has 0 heterocycles. The van der Waals surface area contributed by atoms with Crippen molar-refractivity contribution in [3.63, 3.8) is 0 Å². The molecule has 0 fully saturated rings. The van der Waals surface area contributed by atoms with Crippen LogP contribution in [0.1, 0.15) is 24.9 Å². The van der Waals surface area contributed by atoms with Crippen LogP contribution < -0.4 is 14.4 Å². The number of quaternary nitrogens is 1. The third-order valence-corrected chi connectivity index (χ3v) is 4.75. The Kier molecular flexibility index (Phi) is 6.45. The SMILES string of the molecule is CCCS(=O)(=O)NC[C@@H](c1ccc(OC)cc1)[NH+](C)C. The Balaban J connectivity index is 2.78. The summed E-state index contributed by atoms with van der Waals surface area (Å²) in [6.07, 6.45) is 0.622. The molecule has 0 saturated carbocycles. The summed E-state index contributed by atoms with van der Waals surface area (Å²) in [4.78, 5) is 1.18. The number of hydrogen-bond acceptors (Lipinski definition) is 3. The monoisotopic (exact) mass is 301 g/mol. The molecule has 0 saturated heterocycles. The van der Waals surface area contributed by atoms with Gasteiger partial charge >= 0.3 is 0 Å². The fourth-order valence-corrected chi connectivity index (χ4v) is 3.15. The van der Waals surface area contributed by atoms with Crippen LogP contribution in [0.4, 0.5) is 0 Å². The van der Waals surface area contributed by atoms with Crippen molar-refractivity contribution in [3.8, 4) is 5.75 Å². The smallest absolute Gasteiger partial charge is 0.211 e. The fourth-order valence-electron chi connectivity index (χ4n) is 2.04. The minimum absolute atomic E-state index is 0.0764. The summed E-state index contributed by atoms with van der Waals surface area (Å²) in [5, 5.41) is 0. The number of likely N-dealkylation sites (N-methyl/N-ethyl adjacent to an activating group) is 1. The van der Waals surface area contributed by atoms with Crippen LogP contribution in [0.5, 0.6) is 5.75 Å². The lowest BCUT2D eigenvalue weighted by Crippen LogP contribution is -3.07. The number of hydrogen-bond donors (Lipinski definition) is 2. The number of ether oxygens (including phenoxy) is 1. The Morgan fingerprint density at radius 3 is 2.30 bits per heavy atom.